The summed E-state index contributed by atoms with van der Waals surface area (Å²) in [5.41, 5.74) is 7.56. The first kappa shape index (κ1) is 17.7. The Morgan fingerprint density at radius 3 is 2.60 bits per heavy atom. The SMILES string of the molecule is CNS(=O)(=O)c1cc(C(=O)N2C[C@@H](N)[C@H](c3ccccc3)C2)c(C)o1. The molecule has 0 saturated carbocycles. The van der Waals surface area contributed by atoms with Crippen LogP contribution in [0.2, 0.25) is 0 Å². The van der Waals surface area contributed by atoms with Gasteiger partial charge in [-0.15, -0.1) is 0 Å². The molecule has 0 unspecified atom stereocenters. The van der Waals surface area contributed by atoms with Crippen LogP contribution in [0, 0.1) is 6.92 Å². The Hall–Kier alpha value is -2.16. The average Bonchev–Trinajstić information content (AvgIpc) is 3.18. The van der Waals surface area contributed by atoms with Gasteiger partial charge in [-0.3, -0.25) is 4.79 Å². The summed E-state index contributed by atoms with van der Waals surface area (Å²) in [4.78, 5) is 14.5. The molecule has 1 aliphatic rings. The highest BCUT2D eigenvalue weighted by atomic mass is 32.2. The van der Waals surface area contributed by atoms with Gasteiger partial charge < -0.3 is 15.1 Å². The molecule has 3 rings (SSSR count). The van der Waals surface area contributed by atoms with Gasteiger partial charge in [-0.1, -0.05) is 30.3 Å². The molecule has 1 aromatic heterocycles. The average molecular weight is 363 g/mol. The predicted molar refractivity (Wildman–Crippen MR) is 92.8 cm³/mol. The number of hydrogen-bond acceptors (Lipinski definition) is 5. The van der Waals surface area contributed by atoms with E-state index in [1.165, 1.54) is 13.1 Å². The number of nitrogens with two attached hydrogens (primary N) is 1. The lowest BCUT2D eigenvalue weighted by Crippen LogP contribution is -2.32. The van der Waals surface area contributed by atoms with Crippen LogP contribution in [0.4, 0.5) is 0 Å². The number of benzene rings is 1. The molecular weight excluding hydrogens is 342 g/mol. The van der Waals surface area contributed by atoms with Crippen LogP contribution >= 0.6 is 0 Å². The van der Waals surface area contributed by atoms with Crippen molar-refractivity contribution in [2.45, 2.75) is 24.0 Å². The Bertz CT molecular complexity index is 877. The fourth-order valence-electron chi connectivity index (χ4n) is 3.12. The number of nitrogens with one attached hydrogen (secondary N) is 1. The highest BCUT2D eigenvalue weighted by Gasteiger charge is 2.35. The molecule has 1 amide bonds. The van der Waals surface area contributed by atoms with Crippen molar-refractivity contribution in [3.8, 4) is 0 Å². The lowest BCUT2D eigenvalue weighted by atomic mass is 9.95. The number of carbonyl (C=O) groups excluding carboxylic acids is 1. The minimum Gasteiger partial charge on any atom is -0.448 e. The van der Waals surface area contributed by atoms with Crippen LogP contribution in [0.1, 0.15) is 27.6 Å². The van der Waals surface area contributed by atoms with E-state index in [1.807, 2.05) is 30.3 Å². The van der Waals surface area contributed by atoms with E-state index in [2.05, 4.69) is 4.72 Å². The lowest BCUT2D eigenvalue weighted by molar-refractivity contribution is 0.0787. The molecule has 7 nitrogen and oxygen atoms in total. The molecule has 2 aromatic rings. The zero-order chi connectivity index (χ0) is 18.2. The standard InChI is InChI=1S/C17H21N3O4S/c1-11-13(8-16(24-11)25(22,23)19-2)17(21)20-9-14(15(18)10-20)12-6-4-3-5-7-12/h3-8,14-15,19H,9-10,18H2,1-2H3/t14-,15+/m0/s1. The Morgan fingerprint density at radius 1 is 1.28 bits per heavy atom. The van der Waals surface area contributed by atoms with E-state index in [9.17, 15) is 13.2 Å². The molecule has 2 heterocycles. The van der Waals surface area contributed by atoms with Crippen LogP contribution < -0.4 is 10.5 Å². The molecule has 25 heavy (non-hydrogen) atoms. The third-order valence-electron chi connectivity index (χ3n) is 4.54. The fraction of sp³-hybridized carbons (Fsp3) is 0.353. The number of sulfonamides is 1. The predicted octanol–water partition coefficient (Wildman–Crippen LogP) is 1.06. The molecule has 8 heteroatoms. The zero-order valence-electron chi connectivity index (χ0n) is 14.1. The second-order valence-corrected chi connectivity index (χ2v) is 7.95. The van der Waals surface area contributed by atoms with E-state index in [4.69, 9.17) is 10.2 Å². The van der Waals surface area contributed by atoms with Crippen LogP contribution in [0.25, 0.3) is 0 Å². The van der Waals surface area contributed by atoms with Crippen molar-refractivity contribution in [3.63, 3.8) is 0 Å². The van der Waals surface area contributed by atoms with Gasteiger partial charge in [-0.05, 0) is 19.5 Å². The van der Waals surface area contributed by atoms with Crippen molar-refractivity contribution in [1.82, 2.24) is 9.62 Å². The first-order chi connectivity index (χ1) is 11.8. The number of furan rings is 1. The molecule has 134 valence electrons. The molecule has 0 spiro atoms. The number of aryl methyl sites for hydroxylation is 1. The van der Waals surface area contributed by atoms with Crippen LogP contribution in [0.3, 0.4) is 0 Å². The summed E-state index contributed by atoms with van der Waals surface area (Å²) in [5.74, 6) is 0.0566. The summed E-state index contributed by atoms with van der Waals surface area (Å²) < 4.78 is 31.1. The van der Waals surface area contributed by atoms with Gasteiger partial charge in [-0.25, -0.2) is 13.1 Å². The van der Waals surface area contributed by atoms with Gasteiger partial charge in [0.15, 0.2) is 0 Å². The summed E-state index contributed by atoms with van der Waals surface area (Å²) in [6.07, 6.45) is 0. The monoisotopic (exact) mass is 363 g/mol. The van der Waals surface area contributed by atoms with E-state index >= 15 is 0 Å². The number of nitrogens with zero attached hydrogens (tertiary/aromatic N) is 1. The maximum absolute atomic E-state index is 12.8. The maximum Gasteiger partial charge on any atom is 0.273 e. The minimum atomic E-state index is -3.73. The quantitative estimate of drug-likeness (QED) is 0.845. The van der Waals surface area contributed by atoms with Gasteiger partial charge in [0, 0.05) is 31.1 Å². The van der Waals surface area contributed by atoms with E-state index < -0.39 is 10.0 Å². The summed E-state index contributed by atoms with van der Waals surface area (Å²) in [7, 11) is -2.44. The third-order valence-corrected chi connectivity index (χ3v) is 5.81. The number of amides is 1. The highest BCUT2D eigenvalue weighted by Crippen LogP contribution is 2.29. The maximum atomic E-state index is 12.8. The molecule has 1 saturated heterocycles. The van der Waals surface area contributed by atoms with Gasteiger partial charge in [0.05, 0.1) is 5.56 Å². The second-order valence-electron chi connectivity index (χ2n) is 6.13. The molecule has 1 fully saturated rings. The van der Waals surface area contributed by atoms with Crippen molar-refractivity contribution in [3.05, 3.63) is 53.3 Å². The zero-order valence-corrected chi connectivity index (χ0v) is 14.9. The summed E-state index contributed by atoms with van der Waals surface area (Å²) >= 11 is 0. The molecule has 0 radical (unpaired) electrons. The van der Waals surface area contributed by atoms with Gasteiger partial charge in [-0.2, -0.15) is 0 Å². The van der Waals surface area contributed by atoms with Crippen LogP contribution in [0.5, 0.6) is 0 Å². The smallest absolute Gasteiger partial charge is 0.273 e. The molecule has 0 aliphatic carbocycles. The molecule has 1 aliphatic heterocycles. The van der Waals surface area contributed by atoms with Gasteiger partial charge >= 0.3 is 0 Å². The Kier molecular flexibility index (Phi) is 4.68. The van der Waals surface area contributed by atoms with E-state index in [-0.39, 0.29) is 34.3 Å². The van der Waals surface area contributed by atoms with Crippen molar-refractivity contribution < 1.29 is 17.6 Å². The summed E-state index contributed by atoms with van der Waals surface area (Å²) in [6.45, 7) is 2.48. The van der Waals surface area contributed by atoms with Crippen molar-refractivity contribution in [1.29, 1.82) is 0 Å². The number of rotatable bonds is 4. The Balaban J connectivity index is 1.83. The van der Waals surface area contributed by atoms with E-state index in [1.54, 1.807) is 11.8 Å². The van der Waals surface area contributed by atoms with Crippen LogP contribution in [-0.2, 0) is 10.0 Å². The minimum absolute atomic E-state index is 0.0536. The molecule has 1 aromatic carbocycles. The van der Waals surface area contributed by atoms with Gasteiger partial charge in [0.1, 0.15) is 5.76 Å². The fourth-order valence-corrected chi connectivity index (χ4v) is 3.83. The molecule has 3 N–H and O–H groups in total. The Morgan fingerprint density at radius 2 is 1.96 bits per heavy atom. The second kappa shape index (κ2) is 6.62. The normalized spacial score (nSPS) is 20.8. The molecule has 2 atom stereocenters. The molecular formula is C17H21N3O4S. The summed E-state index contributed by atoms with van der Waals surface area (Å²) in [5, 5.41) is -0.265. The molecule has 0 bridgehead atoms. The van der Waals surface area contributed by atoms with Gasteiger partial charge in [0.25, 0.3) is 15.9 Å². The van der Waals surface area contributed by atoms with Gasteiger partial charge in [0.2, 0.25) is 5.09 Å². The number of carbonyl (C=O) groups is 1. The van der Waals surface area contributed by atoms with Crippen molar-refractivity contribution >= 4 is 15.9 Å². The van der Waals surface area contributed by atoms with Crippen LogP contribution in [0.15, 0.2) is 45.9 Å². The highest BCUT2D eigenvalue weighted by molar-refractivity contribution is 7.89. The van der Waals surface area contributed by atoms with Crippen molar-refractivity contribution in [2.24, 2.45) is 5.73 Å². The third kappa shape index (κ3) is 3.33. The Labute approximate surface area is 146 Å². The first-order valence-corrected chi connectivity index (χ1v) is 9.45. The topological polar surface area (TPSA) is 106 Å². The summed E-state index contributed by atoms with van der Waals surface area (Å²) in [6, 6.07) is 10.9. The number of hydrogen-bond donors (Lipinski definition) is 2. The first-order valence-electron chi connectivity index (χ1n) is 7.97. The van der Waals surface area contributed by atoms with E-state index in [0.717, 1.165) is 5.56 Å². The van der Waals surface area contributed by atoms with Crippen molar-refractivity contribution in [2.75, 3.05) is 20.1 Å². The van der Waals surface area contributed by atoms with E-state index in [0.29, 0.717) is 13.1 Å². The lowest BCUT2D eigenvalue weighted by Gasteiger charge is -2.16. The number of likely N-dealkylation sites (tertiary alicyclic amines) is 1. The largest absolute Gasteiger partial charge is 0.448 e. The van der Waals surface area contributed by atoms with Crippen LogP contribution in [-0.4, -0.2) is 45.4 Å².